The molecule has 2 unspecified atom stereocenters. The van der Waals surface area contributed by atoms with E-state index in [1.165, 1.54) is 0 Å². The summed E-state index contributed by atoms with van der Waals surface area (Å²) in [5.74, 6) is -0.755. The Labute approximate surface area is 173 Å². The van der Waals surface area contributed by atoms with E-state index in [9.17, 15) is 15.8 Å². The molecule has 2 aliphatic heterocycles. The Bertz CT molecular complexity index is 1040. The van der Waals surface area contributed by atoms with Crippen LogP contribution >= 0.6 is 23.2 Å². The average Bonchev–Trinajstić information content (AvgIpc) is 2.93. The van der Waals surface area contributed by atoms with E-state index in [0.29, 0.717) is 10.0 Å². The number of rotatable bonds is 1. The third kappa shape index (κ3) is 2.33. The summed E-state index contributed by atoms with van der Waals surface area (Å²) in [5.41, 5.74) is 6.57. The average molecular weight is 410 g/mol. The van der Waals surface area contributed by atoms with E-state index in [-0.39, 0.29) is 29.3 Å². The highest BCUT2D eigenvalue weighted by Gasteiger charge is 2.58. The number of fused-ring (bicyclic) bond motifs is 4. The van der Waals surface area contributed by atoms with Crippen molar-refractivity contribution in [2.24, 2.45) is 17.1 Å². The summed E-state index contributed by atoms with van der Waals surface area (Å²) in [6, 6.07) is 12.0. The number of allylic oxidation sites excluding steroid dienone is 2. The minimum atomic E-state index is -1.65. The third-order valence-corrected chi connectivity index (χ3v) is 7.26. The zero-order valence-corrected chi connectivity index (χ0v) is 16.7. The van der Waals surface area contributed by atoms with E-state index < -0.39 is 11.3 Å². The van der Waals surface area contributed by atoms with Crippen LogP contribution in [0.1, 0.15) is 24.3 Å². The van der Waals surface area contributed by atoms with Gasteiger partial charge in [0.05, 0.1) is 33.5 Å². The van der Waals surface area contributed by atoms with Gasteiger partial charge in [0, 0.05) is 23.9 Å². The molecule has 0 spiro atoms. The number of nitriles is 3. The summed E-state index contributed by atoms with van der Waals surface area (Å²) in [7, 11) is 2.05. The SMILES string of the molecule is CN1C2C=C3C(C#N)=C(N)C(C#N)(C#N)[C@H](c4ccc(Cl)c(Cl)c4)[C@@H]3C1CC2. The second-order valence-electron chi connectivity index (χ2n) is 7.61. The molecule has 140 valence electrons. The van der Waals surface area contributed by atoms with Crippen LogP contribution in [0.15, 0.2) is 41.1 Å². The van der Waals surface area contributed by atoms with Gasteiger partial charge < -0.3 is 5.73 Å². The summed E-state index contributed by atoms with van der Waals surface area (Å²) in [4.78, 5) is 2.27. The number of halogens is 2. The number of benzene rings is 1. The van der Waals surface area contributed by atoms with Crippen molar-refractivity contribution in [3.05, 3.63) is 56.7 Å². The Hall–Kier alpha value is -2.49. The van der Waals surface area contributed by atoms with Crippen LogP contribution in [0, 0.1) is 45.3 Å². The van der Waals surface area contributed by atoms with E-state index in [1.54, 1.807) is 18.2 Å². The zero-order chi connectivity index (χ0) is 20.2. The molecule has 1 aromatic carbocycles. The Morgan fingerprint density at radius 1 is 1.14 bits per heavy atom. The zero-order valence-electron chi connectivity index (χ0n) is 15.2. The quantitative estimate of drug-likeness (QED) is 0.757. The van der Waals surface area contributed by atoms with Crippen molar-refractivity contribution in [3.8, 4) is 18.2 Å². The van der Waals surface area contributed by atoms with Gasteiger partial charge in [-0.1, -0.05) is 35.3 Å². The van der Waals surface area contributed by atoms with Crippen LogP contribution in [0.2, 0.25) is 10.0 Å². The molecule has 1 saturated heterocycles. The van der Waals surface area contributed by atoms with Crippen molar-refractivity contribution in [3.63, 3.8) is 0 Å². The van der Waals surface area contributed by atoms with Crippen LogP contribution in [0.3, 0.4) is 0 Å². The summed E-state index contributed by atoms with van der Waals surface area (Å²) in [6.45, 7) is 0. The predicted octanol–water partition coefficient (Wildman–Crippen LogP) is 3.88. The van der Waals surface area contributed by atoms with Gasteiger partial charge in [0.2, 0.25) is 0 Å². The highest BCUT2D eigenvalue weighted by molar-refractivity contribution is 6.42. The van der Waals surface area contributed by atoms with Gasteiger partial charge in [0.15, 0.2) is 5.41 Å². The fourth-order valence-electron chi connectivity index (χ4n) is 5.17. The minimum absolute atomic E-state index is 0.0301. The van der Waals surface area contributed by atoms with Crippen LogP contribution in [0.5, 0.6) is 0 Å². The minimum Gasteiger partial charge on any atom is -0.399 e. The van der Waals surface area contributed by atoms with Crippen LogP contribution in [-0.4, -0.2) is 24.0 Å². The first kappa shape index (κ1) is 18.9. The molecule has 2 N–H and O–H groups in total. The van der Waals surface area contributed by atoms with E-state index >= 15 is 0 Å². The van der Waals surface area contributed by atoms with Crippen molar-refractivity contribution < 1.29 is 0 Å². The first-order chi connectivity index (χ1) is 13.4. The number of nitrogens with two attached hydrogens (primary N) is 1. The van der Waals surface area contributed by atoms with E-state index in [1.807, 2.05) is 0 Å². The van der Waals surface area contributed by atoms with Crippen LogP contribution in [0.4, 0.5) is 0 Å². The fraction of sp³-hybridized carbons (Fsp3) is 0.381. The van der Waals surface area contributed by atoms with Gasteiger partial charge in [0.25, 0.3) is 0 Å². The monoisotopic (exact) mass is 409 g/mol. The fourth-order valence-corrected chi connectivity index (χ4v) is 5.47. The molecule has 3 aliphatic rings. The molecule has 0 radical (unpaired) electrons. The van der Waals surface area contributed by atoms with Crippen molar-refractivity contribution in [1.82, 2.24) is 4.90 Å². The van der Waals surface area contributed by atoms with Crippen molar-refractivity contribution >= 4 is 23.2 Å². The molecule has 2 heterocycles. The second-order valence-corrected chi connectivity index (χ2v) is 8.42. The Kier molecular flexibility index (Phi) is 4.40. The Balaban J connectivity index is 2.05. The predicted molar refractivity (Wildman–Crippen MR) is 106 cm³/mol. The standard InChI is InChI=1S/C21H17Cl2N5/c1-28-12-3-5-17(28)18-13(7-12)14(8-24)20(27)21(9-25,10-26)19(18)11-2-4-15(22)16(23)6-11/h2,4,6-7,12,17-19H,3,5,27H2,1H3/t12?,17?,18-,19+/m0/s1. The Morgan fingerprint density at radius 2 is 1.86 bits per heavy atom. The van der Waals surface area contributed by atoms with Gasteiger partial charge in [0.1, 0.15) is 6.07 Å². The lowest BCUT2D eigenvalue weighted by Gasteiger charge is -2.48. The number of hydrogen-bond donors (Lipinski definition) is 1. The summed E-state index contributed by atoms with van der Waals surface area (Å²) < 4.78 is 0. The maximum atomic E-state index is 10.1. The van der Waals surface area contributed by atoms with Gasteiger partial charge in [-0.05, 0) is 43.2 Å². The summed E-state index contributed by atoms with van der Waals surface area (Å²) >= 11 is 12.4. The molecule has 0 aromatic heterocycles. The molecule has 5 nitrogen and oxygen atoms in total. The van der Waals surface area contributed by atoms with Gasteiger partial charge >= 0.3 is 0 Å². The van der Waals surface area contributed by atoms with Crippen molar-refractivity contribution in [2.75, 3.05) is 7.05 Å². The third-order valence-electron chi connectivity index (χ3n) is 6.53. The van der Waals surface area contributed by atoms with Crippen LogP contribution in [-0.2, 0) is 0 Å². The van der Waals surface area contributed by atoms with E-state index in [0.717, 1.165) is 24.0 Å². The lowest BCUT2D eigenvalue weighted by molar-refractivity contribution is 0.160. The molecule has 1 aliphatic carbocycles. The highest BCUT2D eigenvalue weighted by Crippen LogP contribution is 2.58. The van der Waals surface area contributed by atoms with Crippen LogP contribution < -0.4 is 5.73 Å². The lowest BCUT2D eigenvalue weighted by atomic mass is 9.56. The molecule has 1 aromatic rings. The van der Waals surface area contributed by atoms with Gasteiger partial charge in [-0.15, -0.1) is 0 Å². The largest absolute Gasteiger partial charge is 0.399 e. The molecule has 7 heteroatoms. The molecular formula is C21H17Cl2N5. The lowest BCUT2D eigenvalue weighted by Crippen LogP contribution is -2.51. The maximum Gasteiger partial charge on any atom is 0.191 e. The van der Waals surface area contributed by atoms with Crippen LogP contribution in [0.25, 0.3) is 0 Å². The molecule has 1 fully saturated rings. The first-order valence-electron chi connectivity index (χ1n) is 9.01. The van der Waals surface area contributed by atoms with Crippen molar-refractivity contribution in [2.45, 2.75) is 30.8 Å². The van der Waals surface area contributed by atoms with E-state index in [4.69, 9.17) is 28.9 Å². The smallest absolute Gasteiger partial charge is 0.191 e. The summed E-state index contributed by atoms with van der Waals surface area (Å²) in [6.07, 6.45) is 3.98. The molecular weight excluding hydrogens is 393 g/mol. The number of hydrogen-bond acceptors (Lipinski definition) is 5. The van der Waals surface area contributed by atoms with Gasteiger partial charge in [-0.25, -0.2) is 0 Å². The topological polar surface area (TPSA) is 101 Å². The number of nitrogens with zero attached hydrogens (tertiary/aromatic N) is 4. The number of likely N-dealkylation sites (N-methyl/N-ethyl adjacent to an activating group) is 1. The highest BCUT2D eigenvalue weighted by atomic mass is 35.5. The second kappa shape index (κ2) is 6.54. The molecule has 2 bridgehead atoms. The van der Waals surface area contributed by atoms with E-state index in [2.05, 4.69) is 36.2 Å². The normalized spacial score (nSPS) is 30.6. The first-order valence-corrected chi connectivity index (χ1v) is 9.77. The molecule has 0 saturated carbocycles. The molecule has 0 amide bonds. The Morgan fingerprint density at radius 3 is 2.46 bits per heavy atom. The van der Waals surface area contributed by atoms with Crippen molar-refractivity contribution in [1.29, 1.82) is 15.8 Å². The maximum absolute atomic E-state index is 10.1. The molecule has 4 rings (SSSR count). The summed E-state index contributed by atoms with van der Waals surface area (Å²) in [5, 5.41) is 30.8. The van der Waals surface area contributed by atoms with Gasteiger partial charge in [-0.2, -0.15) is 15.8 Å². The molecule has 4 atom stereocenters. The van der Waals surface area contributed by atoms with Gasteiger partial charge in [-0.3, -0.25) is 4.90 Å². The molecule has 28 heavy (non-hydrogen) atoms.